The molecule has 3 aromatic rings. The molecule has 1 unspecified atom stereocenters. The van der Waals surface area contributed by atoms with Crippen LogP contribution in [0.25, 0.3) is 10.8 Å². The SMILES string of the molecule is Cc1ccc([N+](=O)[O-])cc1NC(N)c1cccc2ccccc12. The second-order valence-electron chi connectivity index (χ2n) is 5.45. The van der Waals surface area contributed by atoms with Gasteiger partial charge in [-0.25, -0.2) is 0 Å². The van der Waals surface area contributed by atoms with Crippen LogP contribution in [0.15, 0.2) is 60.7 Å². The Morgan fingerprint density at radius 1 is 1.09 bits per heavy atom. The number of anilines is 1. The Kier molecular flexibility index (Phi) is 3.95. The Hall–Kier alpha value is -2.92. The minimum absolute atomic E-state index is 0.0446. The molecule has 116 valence electrons. The average Bonchev–Trinajstić information content (AvgIpc) is 2.56. The molecular weight excluding hydrogens is 290 g/mol. The lowest BCUT2D eigenvalue weighted by Crippen LogP contribution is -2.20. The van der Waals surface area contributed by atoms with E-state index in [4.69, 9.17) is 5.73 Å². The summed E-state index contributed by atoms with van der Waals surface area (Å²) in [6.45, 7) is 1.89. The smallest absolute Gasteiger partial charge is 0.271 e. The Labute approximate surface area is 133 Å². The molecule has 0 aliphatic rings. The third-order valence-electron chi connectivity index (χ3n) is 3.90. The fourth-order valence-corrected chi connectivity index (χ4v) is 2.65. The van der Waals surface area contributed by atoms with E-state index in [0.717, 1.165) is 21.9 Å². The minimum Gasteiger partial charge on any atom is -0.366 e. The Balaban J connectivity index is 1.96. The zero-order valence-corrected chi connectivity index (χ0v) is 12.7. The molecule has 3 N–H and O–H groups in total. The molecule has 0 aromatic heterocycles. The lowest BCUT2D eigenvalue weighted by molar-refractivity contribution is -0.384. The van der Waals surface area contributed by atoms with Gasteiger partial charge in [-0.2, -0.15) is 0 Å². The van der Waals surface area contributed by atoms with Gasteiger partial charge in [0.15, 0.2) is 0 Å². The Morgan fingerprint density at radius 2 is 1.83 bits per heavy atom. The quantitative estimate of drug-likeness (QED) is 0.431. The first-order valence-corrected chi connectivity index (χ1v) is 7.31. The number of non-ortho nitro benzene ring substituents is 1. The molecule has 0 aliphatic heterocycles. The highest BCUT2D eigenvalue weighted by atomic mass is 16.6. The highest BCUT2D eigenvalue weighted by Gasteiger charge is 2.13. The first-order valence-electron chi connectivity index (χ1n) is 7.31. The number of nitro benzene ring substituents is 1. The molecule has 0 amide bonds. The summed E-state index contributed by atoms with van der Waals surface area (Å²) in [4.78, 5) is 10.5. The predicted octanol–water partition coefficient (Wildman–Crippen LogP) is 4.13. The number of hydrogen-bond donors (Lipinski definition) is 2. The van der Waals surface area contributed by atoms with Crippen LogP contribution in [0.2, 0.25) is 0 Å². The highest BCUT2D eigenvalue weighted by molar-refractivity contribution is 5.86. The van der Waals surface area contributed by atoms with Crippen LogP contribution in [-0.4, -0.2) is 4.92 Å². The van der Waals surface area contributed by atoms with Crippen LogP contribution in [0.1, 0.15) is 17.3 Å². The van der Waals surface area contributed by atoms with Crippen LogP contribution in [0.4, 0.5) is 11.4 Å². The zero-order valence-electron chi connectivity index (χ0n) is 12.7. The molecule has 1 atom stereocenters. The van der Waals surface area contributed by atoms with E-state index in [0.29, 0.717) is 5.69 Å². The molecule has 0 radical (unpaired) electrons. The molecule has 5 nitrogen and oxygen atoms in total. The van der Waals surface area contributed by atoms with Crippen molar-refractivity contribution in [2.24, 2.45) is 5.73 Å². The van der Waals surface area contributed by atoms with E-state index in [1.165, 1.54) is 12.1 Å². The highest BCUT2D eigenvalue weighted by Crippen LogP contribution is 2.27. The second-order valence-corrected chi connectivity index (χ2v) is 5.45. The molecule has 3 rings (SSSR count). The Bertz CT molecular complexity index is 872. The number of hydrogen-bond acceptors (Lipinski definition) is 4. The van der Waals surface area contributed by atoms with E-state index in [2.05, 4.69) is 5.32 Å². The lowest BCUT2D eigenvalue weighted by atomic mass is 10.0. The molecule has 0 heterocycles. The van der Waals surface area contributed by atoms with E-state index >= 15 is 0 Å². The number of nitro groups is 1. The third kappa shape index (κ3) is 3.00. The summed E-state index contributed by atoms with van der Waals surface area (Å²) < 4.78 is 0. The average molecular weight is 307 g/mol. The maximum absolute atomic E-state index is 10.9. The van der Waals surface area contributed by atoms with Gasteiger partial charge in [0.1, 0.15) is 6.17 Å². The van der Waals surface area contributed by atoms with Crippen molar-refractivity contribution in [3.63, 3.8) is 0 Å². The molecule has 23 heavy (non-hydrogen) atoms. The van der Waals surface area contributed by atoms with Gasteiger partial charge in [0.25, 0.3) is 5.69 Å². The maximum atomic E-state index is 10.9. The number of aryl methyl sites for hydroxylation is 1. The third-order valence-corrected chi connectivity index (χ3v) is 3.90. The van der Waals surface area contributed by atoms with Gasteiger partial charge in [0.2, 0.25) is 0 Å². The predicted molar refractivity (Wildman–Crippen MR) is 92.3 cm³/mol. The molecule has 0 saturated heterocycles. The van der Waals surface area contributed by atoms with E-state index in [9.17, 15) is 10.1 Å². The number of nitrogens with two attached hydrogens (primary N) is 1. The van der Waals surface area contributed by atoms with Gasteiger partial charge in [-0.05, 0) is 28.8 Å². The maximum Gasteiger partial charge on any atom is 0.271 e. The monoisotopic (exact) mass is 307 g/mol. The number of nitrogens with one attached hydrogen (secondary N) is 1. The van der Waals surface area contributed by atoms with Crippen molar-refractivity contribution >= 4 is 22.1 Å². The number of benzene rings is 3. The molecule has 0 bridgehead atoms. The van der Waals surface area contributed by atoms with Gasteiger partial charge < -0.3 is 11.1 Å². The van der Waals surface area contributed by atoms with Crippen molar-refractivity contribution in [3.8, 4) is 0 Å². The summed E-state index contributed by atoms with van der Waals surface area (Å²) in [5.74, 6) is 0. The van der Waals surface area contributed by atoms with Crippen molar-refractivity contribution in [2.75, 3.05) is 5.32 Å². The fourth-order valence-electron chi connectivity index (χ4n) is 2.65. The van der Waals surface area contributed by atoms with Gasteiger partial charge in [-0.1, -0.05) is 48.5 Å². The molecule has 0 fully saturated rings. The van der Waals surface area contributed by atoms with Crippen molar-refractivity contribution in [1.29, 1.82) is 0 Å². The van der Waals surface area contributed by atoms with Crippen molar-refractivity contribution < 1.29 is 4.92 Å². The van der Waals surface area contributed by atoms with Crippen LogP contribution in [0, 0.1) is 17.0 Å². The van der Waals surface area contributed by atoms with Gasteiger partial charge >= 0.3 is 0 Å². The summed E-state index contributed by atoms with van der Waals surface area (Å²) >= 11 is 0. The van der Waals surface area contributed by atoms with Crippen molar-refractivity contribution in [3.05, 3.63) is 81.9 Å². The van der Waals surface area contributed by atoms with Crippen LogP contribution < -0.4 is 11.1 Å². The van der Waals surface area contributed by atoms with Gasteiger partial charge in [-0.15, -0.1) is 0 Å². The Morgan fingerprint density at radius 3 is 2.61 bits per heavy atom. The van der Waals surface area contributed by atoms with Gasteiger partial charge in [0.05, 0.1) is 4.92 Å². The van der Waals surface area contributed by atoms with Crippen molar-refractivity contribution in [2.45, 2.75) is 13.1 Å². The van der Waals surface area contributed by atoms with Crippen LogP contribution in [0.5, 0.6) is 0 Å². The minimum atomic E-state index is -0.457. The largest absolute Gasteiger partial charge is 0.366 e. The number of nitrogens with zero attached hydrogens (tertiary/aromatic N) is 1. The lowest BCUT2D eigenvalue weighted by Gasteiger charge is -2.19. The fraction of sp³-hybridized carbons (Fsp3) is 0.111. The normalized spacial score (nSPS) is 12.1. The molecule has 3 aromatic carbocycles. The first-order chi connectivity index (χ1) is 11.1. The van der Waals surface area contributed by atoms with Crippen molar-refractivity contribution in [1.82, 2.24) is 0 Å². The second kappa shape index (κ2) is 6.06. The standard InChI is InChI=1S/C18H17N3O2/c1-12-9-10-14(21(22)23)11-17(12)20-18(19)16-8-4-6-13-5-2-3-7-15(13)16/h2-11,18,20H,19H2,1H3. The van der Waals surface area contributed by atoms with E-state index in [1.54, 1.807) is 6.07 Å². The van der Waals surface area contributed by atoms with E-state index < -0.39 is 11.1 Å². The van der Waals surface area contributed by atoms with Gasteiger partial charge in [0, 0.05) is 17.8 Å². The number of rotatable bonds is 4. The summed E-state index contributed by atoms with van der Waals surface area (Å²) in [6, 6.07) is 18.7. The summed E-state index contributed by atoms with van der Waals surface area (Å²) in [5, 5.41) is 16.3. The molecule has 0 spiro atoms. The van der Waals surface area contributed by atoms with Crippen LogP contribution in [-0.2, 0) is 0 Å². The topological polar surface area (TPSA) is 81.2 Å². The molecule has 0 saturated carbocycles. The van der Waals surface area contributed by atoms with E-state index in [1.807, 2.05) is 49.4 Å². The van der Waals surface area contributed by atoms with Crippen LogP contribution >= 0.6 is 0 Å². The van der Waals surface area contributed by atoms with E-state index in [-0.39, 0.29) is 5.69 Å². The molecule has 5 heteroatoms. The first kappa shape index (κ1) is 15.0. The summed E-state index contributed by atoms with van der Waals surface area (Å²) in [5.41, 5.74) is 8.88. The zero-order chi connectivity index (χ0) is 16.4. The summed E-state index contributed by atoms with van der Waals surface area (Å²) in [7, 11) is 0. The summed E-state index contributed by atoms with van der Waals surface area (Å²) in [6.07, 6.45) is -0.457. The van der Waals surface area contributed by atoms with Gasteiger partial charge in [-0.3, -0.25) is 10.1 Å². The molecule has 0 aliphatic carbocycles. The van der Waals surface area contributed by atoms with Crippen LogP contribution in [0.3, 0.4) is 0 Å². The molecular formula is C18H17N3O2. The number of fused-ring (bicyclic) bond motifs is 1.